The Morgan fingerprint density at radius 2 is 2.20 bits per heavy atom. The summed E-state index contributed by atoms with van der Waals surface area (Å²) in [7, 11) is 0. The second kappa shape index (κ2) is 4.42. The van der Waals surface area contributed by atoms with Crippen LogP contribution in [0.5, 0.6) is 0 Å². The molecule has 0 radical (unpaired) electrons. The smallest absolute Gasteiger partial charge is 0.293 e. The van der Waals surface area contributed by atoms with Gasteiger partial charge in [-0.3, -0.25) is 4.79 Å². The van der Waals surface area contributed by atoms with Crippen LogP contribution in [0.15, 0.2) is 40.9 Å². The SMILES string of the molecule is O=c1c(Nc2ccc3ncsc3c2)nccn1C1CC1. The number of rotatable bonds is 3. The van der Waals surface area contributed by atoms with Crippen molar-refractivity contribution < 1.29 is 0 Å². The summed E-state index contributed by atoms with van der Waals surface area (Å²) in [6.07, 6.45) is 5.59. The van der Waals surface area contributed by atoms with Crippen molar-refractivity contribution in [1.29, 1.82) is 0 Å². The molecular weight excluding hydrogens is 272 g/mol. The minimum absolute atomic E-state index is 0.0561. The minimum atomic E-state index is -0.0561. The molecule has 0 aliphatic heterocycles. The second-order valence-corrected chi connectivity index (χ2v) is 5.77. The molecule has 4 rings (SSSR count). The molecule has 5 nitrogen and oxygen atoms in total. The molecule has 3 aromatic rings. The zero-order chi connectivity index (χ0) is 13.5. The lowest BCUT2D eigenvalue weighted by Gasteiger charge is -2.08. The van der Waals surface area contributed by atoms with Gasteiger partial charge in [0, 0.05) is 24.1 Å². The lowest BCUT2D eigenvalue weighted by atomic mass is 10.3. The standard InChI is InChI=1S/C14H12N4OS/c19-14-13(15-5-6-18(14)10-2-3-10)17-9-1-4-11-12(7-9)20-8-16-11/h1,4-8,10H,2-3H2,(H,15,17). The highest BCUT2D eigenvalue weighted by molar-refractivity contribution is 7.16. The van der Waals surface area contributed by atoms with Gasteiger partial charge in [0.15, 0.2) is 5.82 Å². The predicted molar refractivity (Wildman–Crippen MR) is 79.7 cm³/mol. The van der Waals surface area contributed by atoms with Gasteiger partial charge in [0.05, 0.1) is 15.7 Å². The first-order valence-corrected chi connectivity index (χ1v) is 7.37. The first-order chi connectivity index (χ1) is 9.81. The number of fused-ring (bicyclic) bond motifs is 1. The highest BCUT2D eigenvalue weighted by Gasteiger charge is 2.25. The largest absolute Gasteiger partial charge is 0.336 e. The Bertz CT molecular complexity index is 834. The Morgan fingerprint density at radius 3 is 3.05 bits per heavy atom. The molecule has 0 amide bonds. The number of hydrogen-bond acceptors (Lipinski definition) is 5. The molecular formula is C14H12N4OS. The molecule has 2 heterocycles. The van der Waals surface area contributed by atoms with Gasteiger partial charge in [-0.05, 0) is 31.0 Å². The van der Waals surface area contributed by atoms with Gasteiger partial charge in [0.25, 0.3) is 5.56 Å². The summed E-state index contributed by atoms with van der Waals surface area (Å²) in [5.74, 6) is 0.378. The van der Waals surface area contributed by atoms with E-state index in [2.05, 4.69) is 15.3 Å². The monoisotopic (exact) mass is 284 g/mol. The Balaban J connectivity index is 1.71. The van der Waals surface area contributed by atoms with Crippen LogP contribution in [0.25, 0.3) is 10.2 Å². The number of thiazole rings is 1. The molecule has 0 saturated heterocycles. The van der Waals surface area contributed by atoms with E-state index in [4.69, 9.17) is 0 Å². The van der Waals surface area contributed by atoms with Crippen LogP contribution in [0.1, 0.15) is 18.9 Å². The van der Waals surface area contributed by atoms with Crippen molar-refractivity contribution in [1.82, 2.24) is 14.5 Å². The molecule has 0 spiro atoms. The van der Waals surface area contributed by atoms with E-state index in [0.29, 0.717) is 11.9 Å². The first kappa shape index (κ1) is 11.6. The van der Waals surface area contributed by atoms with Crippen molar-refractivity contribution >= 4 is 33.1 Å². The van der Waals surface area contributed by atoms with Crippen LogP contribution in [-0.2, 0) is 0 Å². The van der Waals surface area contributed by atoms with E-state index in [0.717, 1.165) is 28.7 Å². The summed E-state index contributed by atoms with van der Waals surface area (Å²) >= 11 is 1.58. The van der Waals surface area contributed by atoms with Gasteiger partial charge in [0.2, 0.25) is 0 Å². The van der Waals surface area contributed by atoms with Crippen molar-refractivity contribution in [2.24, 2.45) is 0 Å². The predicted octanol–water partition coefficient (Wildman–Crippen LogP) is 2.93. The van der Waals surface area contributed by atoms with Gasteiger partial charge < -0.3 is 9.88 Å². The summed E-state index contributed by atoms with van der Waals surface area (Å²) in [6, 6.07) is 6.20. The van der Waals surface area contributed by atoms with E-state index >= 15 is 0 Å². The van der Waals surface area contributed by atoms with Crippen LogP contribution >= 0.6 is 11.3 Å². The average molecular weight is 284 g/mol. The van der Waals surface area contributed by atoms with Crippen molar-refractivity contribution in [3.8, 4) is 0 Å². The van der Waals surface area contributed by atoms with E-state index in [1.54, 1.807) is 28.3 Å². The maximum absolute atomic E-state index is 12.3. The number of aromatic nitrogens is 3. The van der Waals surface area contributed by atoms with Crippen LogP contribution in [-0.4, -0.2) is 14.5 Å². The minimum Gasteiger partial charge on any atom is -0.336 e. The van der Waals surface area contributed by atoms with Gasteiger partial charge >= 0.3 is 0 Å². The molecule has 1 fully saturated rings. The van der Waals surface area contributed by atoms with E-state index in [-0.39, 0.29) is 5.56 Å². The third-order valence-corrected chi connectivity index (χ3v) is 4.19. The third kappa shape index (κ3) is 1.98. The molecule has 6 heteroatoms. The third-order valence-electron chi connectivity index (χ3n) is 3.40. The Hall–Kier alpha value is -2.21. The lowest BCUT2D eigenvalue weighted by molar-refractivity contribution is 0.701. The van der Waals surface area contributed by atoms with E-state index < -0.39 is 0 Å². The summed E-state index contributed by atoms with van der Waals surface area (Å²) in [6.45, 7) is 0. The van der Waals surface area contributed by atoms with E-state index in [1.165, 1.54) is 0 Å². The average Bonchev–Trinajstić information content (AvgIpc) is 3.19. The molecule has 0 unspecified atom stereocenters. The zero-order valence-corrected chi connectivity index (χ0v) is 11.4. The van der Waals surface area contributed by atoms with Gasteiger partial charge in [-0.25, -0.2) is 9.97 Å². The van der Waals surface area contributed by atoms with Gasteiger partial charge in [0.1, 0.15) is 0 Å². The second-order valence-electron chi connectivity index (χ2n) is 4.88. The summed E-state index contributed by atoms with van der Waals surface area (Å²) in [5, 5.41) is 3.11. The topological polar surface area (TPSA) is 59.8 Å². The molecule has 0 bridgehead atoms. The number of nitrogens with zero attached hydrogens (tertiary/aromatic N) is 3. The molecule has 1 aliphatic rings. The maximum atomic E-state index is 12.3. The molecule has 2 aromatic heterocycles. The number of anilines is 2. The van der Waals surface area contributed by atoms with Crippen LogP contribution in [0.4, 0.5) is 11.5 Å². The van der Waals surface area contributed by atoms with Crippen LogP contribution in [0.3, 0.4) is 0 Å². The fourth-order valence-electron chi connectivity index (χ4n) is 2.22. The zero-order valence-electron chi connectivity index (χ0n) is 10.6. The quantitative estimate of drug-likeness (QED) is 0.803. The van der Waals surface area contributed by atoms with Crippen molar-refractivity contribution in [3.63, 3.8) is 0 Å². The number of hydrogen-bond donors (Lipinski definition) is 1. The fourth-order valence-corrected chi connectivity index (χ4v) is 2.94. The Morgan fingerprint density at radius 1 is 1.30 bits per heavy atom. The number of benzene rings is 1. The highest BCUT2D eigenvalue weighted by Crippen LogP contribution is 2.33. The molecule has 1 saturated carbocycles. The van der Waals surface area contributed by atoms with E-state index in [1.807, 2.05) is 23.7 Å². The molecule has 1 aromatic carbocycles. The Kier molecular flexibility index (Phi) is 2.56. The first-order valence-electron chi connectivity index (χ1n) is 6.49. The van der Waals surface area contributed by atoms with E-state index in [9.17, 15) is 4.79 Å². The van der Waals surface area contributed by atoms with Crippen LogP contribution < -0.4 is 10.9 Å². The maximum Gasteiger partial charge on any atom is 0.293 e. The van der Waals surface area contributed by atoms with Gasteiger partial charge in [-0.2, -0.15) is 0 Å². The van der Waals surface area contributed by atoms with Crippen molar-refractivity contribution in [2.75, 3.05) is 5.32 Å². The Labute approximate surface area is 118 Å². The molecule has 1 aliphatic carbocycles. The molecule has 20 heavy (non-hydrogen) atoms. The highest BCUT2D eigenvalue weighted by atomic mass is 32.1. The lowest BCUT2D eigenvalue weighted by Crippen LogP contribution is -2.22. The van der Waals surface area contributed by atoms with Crippen molar-refractivity contribution in [2.45, 2.75) is 18.9 Å². The summed E-state index contributed by atoms with van der Waals surface area (Å²) in [5.41, 5.74) is 3.59. The fraction of sp³-hybridized carbons (Fsp3) is 0.214. The molecule has 100 valence electrons. The van der Waals surface area contributed by atoms with Crippen LogP contribution in [0.2, 0.25) is 0 Å². The normalized spacial score (nSPS) is 14.6. The summed E-state index contributed by atoms with van der Waals surface area (Å²) in [4.78, 5) is 20.7. The molecule has 0 atom stereocenters. The van der Waals surface area contributed by atoms with Gasteiger partial charge in [-0.1, -0.05) is 0 Å². The van der Waals surface area contributed by atoms with Crippen molar-refractivity contribution in [3.05, 3.63) is 46.5 Å². The molecule has 1 N–H and O–H groups in total. The summed E-state index contributed by atoms with van der Waals surface area (Å²) < 4.78 is 2.86. The van der Waals surface area contributed by atoms with Crippen LogP contribution in [0, 0.1) is 0 Å². The van der Waals surface area contributed by atoms with Gasteiger partial charge in [-0.15, -0.1) is 11.3 Å². The number of nitrogens with one attached hydrogen (secondary N) is 1.